The molecular weight excluding hydrogens is 469 g/mol. The first-order valence-corrected chi connectivity index (χ1v) is 14.4. The van der Waals surface area contributed by atoms with Crippen LogP contribution in [0.2, 0.25) is 0 Å². The largest absolute Gasteiger partial charge is 0.454 e. The first kappa shape index (κ1) is 23.6. The van der Waals surface area contributed by atoms with Crippen molar-refractivity contribution in [2.24, 2.45) is 7.05 Å². The Labute approximate surface area is 224 Å². The van der Waals surface area contributed by atoms with Gasteiger partial charge in [0.25, 0.3) is 0 Å². The summed E-state index contributed by atoms with van der Waals surface area (Å²) in [5.41, 5.74) is 10.9. The molecule has 7 rings (SSSR count). The molecule has 192 valence electrons. The van der Waals surface area contributed by atoms with Gasteiger partial charge < -0.3 is 4.42 Å². The van der Waals surface area contributed by atoms with Gasteiger partial charge in [0.15, 0.2) is 6.20 Å². The van der Waals surface area contributed by atoms with E-state index in [1.807, 2.05) is 12.1 Å². The Morgan fingerprint density at radius 1 is 0.816 bits per heavy atom. The van der Waals surface area contributed by atoms with Crippen molar-refractivity contribution in [1.82, 2.24) is 0 Å². The molecule has 0 saturated heterocycles. The maximum Gasteiger partial charge on any atom is 0.216 e. The maximum atomic E-state index is 15.8. The predicted molar refractivity (Wildman–Crippen MR) is 153 cm³/mol. The molecule has 0 N–H and O–H groups in total. The Kier molecular flexibility index (Phi) is 5.83. The van der Waals surface area contributed by atoms with Crippen LogP contribution in [0.15, 0.2) is 65.2 Å². The predicted octanol–water partition coefficient (Wildman–Crippen LogP) is 9.12. The van der Waals surface area contributed by atoms with Crippen LogP contribution in [0.25, 0.3) is 44.3 Å². The highest BCUT2D eigenvalue weighted by Crippen LogP contribution is 2.44. The monoisotopic (exact) mass is 504 g/mol. The number of aryl methyl sites for hydroxylation is 3. The van der Waals surface area contributed by atoms with E-state index in [1.165, 1.54) is 56.1 Å². The molecule has 2 aliphatic carbocycles. The smallest absolute Gasteiger partial charge is 0.216 e. The topological polar surface area (TPSA) is 17.0 Å². The standard InChI is InChI=1S/C35H35FNO/c1-22-15-16-27-28-17-18-30(36)33(35(28)38-34(27)32(22)31-14-8-9-19-37(31)2)25-20-24-12-6-7-13-26(24)29(21-25)23-10-4-3-5-11-23/h8-9,14-21,23H,3-7,10-13H2,1-2H3/q+1. The number of aromatic nitrogens is 1. The number of nitrogens with zero attached hydrogens (tertiary/aromatic N) is 1. The molecule has 5 aromatic rings. The van der Waals surface area contributed by atoms with E-state index in [0.717, 1.165) is 51.6 Å². The van der Waals surface area contributed by atoms with Crippen LogP contribution in [0.5, 0.6) is 0 Å². The molecule has 0 unspecified atom stereocenters. The third kappa shape index (κ3) is 3.78. The van der Waals surface area contributed by atoms with Gasteiger partial charge in [0.05, 0.1) is 11.1 Å². The number of hydrogen-bond acceptors (Lipinski definition) is 1. The molecule has 3 heteroatoms. The summed E-state index contributed by atoms with van der Waals surface area (Å²) in [6.07, 6.45) is 13.2. The van der Waals surface area contributed by atoms with Gasteiger partial charge >= 0.3 is 0 Å². The van der Waals surface area contributed by atoms with Gasteiger partial charge in [-0.25, -0.2) is 8.96 Å². The first-order valence-electron chi connectivity index (χ1n) is 14.4. The van der Waals surface area contributed by atoms with Gasteiger partial charge in [-0.3, -0.25) is 0 Å². The molecule has 38 heavy (non-hydrogen) atoms. The molecule has 0 atom stereocenters. The van der Waals surface area contributed by atoms with E-state index in [9.17, 15) is 0 Å². The SMILES string of the molecule is Cc1ccc2c(oc3c(-c4cc5c(c(C6CCCCC6)c4)CCCC5)c(F)ccc32)c1-c1cccc[n+]1C. The Morgan fingerprint density at radius 3 is 2.39 bits per heavy atom. The molecule has 0 amide bonds. The minimum atomic E-state index is -0.203. The van der Waals surface area contributed by atoms with Crippen LogP contribution >= 0.6 is 0 Å². The second kappa shape index (κ2) is 9.38. The van der Waals surface area contributed by atoms with Crippen molar-refractivity contribution in [3.63, 3.8) is 0 Å². The second-order valence-corrected chi connectivity index (χ2v) is 11.5. The summed E-state index contributed by atoms with van der Waals surface area (Å²) in [4.78, 5) is 0. The Hall–Kier alpha value is -3.46. The van der Waals surface area contributed by atoms with Crippen molar-refractivity contribution in [3.8, 4) is 22.4 Å². The average Bonchev–Trinajstić information content (AvgIpc) is 3.32. The second-order valence-electron chi connectivity index (χ2n) is 11.5. The summed E-state index contributed by atoms with van der Waals surface area (Å²) in [7, 11) is 2.06. The van der Waals surface area contributed by atoms with E-state index in [4.69, 9.17) is 4.42 Å². The highest BCUT2D eigenvalue weighted by atomic mass is 19.1. The molecule has 1 saturated carbocycles. The van der Waals surface area contributed by atoms with Crippen LogP contribution in [0, 0.1) is 12.7 Å². The highest BCUT2D eigenvalue weighted by Gasteiger charge is 2.26. The van der Waals surface area contributed by atoms with Crippen LogP contribution in [0.1, 0.15) is 73.1 Å². The van der Waals surface area contributed by atoms with E-state index in [2.05, 4.69) is 61.1 Å². The summed E-state index contributed by atoms with van der Waals surface area (Å²) < 4.78 is 24.7. The van der Waals surface area contributed by atoms with Crippen molar-refractivity contribution >= 4 is 21.9 Å². The van der Waals surface area contributed by atoms with E-state index in [0.29, 0.717) is 17.1 Å². The third-order valence-electron chi connectivity index (χ3n) is 9.11. The lowest BCUT2D eigenvalue weighted by Crippen LogP contribution is -2.30. The lowest BCUT2D eigenvalue weighted by Gasteiger charge is -2.29. The van der Waals surface area contributed by atoms with Gasteiger partial charge in [0.1, 0.15) is 24.0 Å². The lowest BCUT2D eigenvalue weighted by molar-refractivity contribution is -0.660. The summed E-state index contributed by atoms with van der Waals surface area (Å²) in [6.45, 7) is 2.12. The Morgan fingerprint density at radius 2 is 1.58 bits per heavy atom. The molecule has 3 aromatic carbocycles. The van der Waals surface area contributed by atoms with E-state index in [1.54, 1.807) is 11.6 Å². The number of rotatable bonds is 3. The normalized spacial score (nSPS) is 16.3. The molecule has 1 fully saturated rings. The molecule has 2 aliphatic rings. The first-order chi connectivity index (χ1) is 18.6. The molecule has 2 nitrogen and oxygen atoms in total. The third-order valence-corrected chi connectivity index (χ3v) is 9.11. The fraction of sp³-hybridized carbons (Fsp3) is 0.343. The van der Waals surface area contributed by atoms with Crippen LogP contribution in [0.4, 0.5) is 4.39 Å². The van der Waals surface area contributed by atoms with Crippen molar-refractivity contribution in [2.75, 3.05) is 0 Å². The van der Waals surface area contributed by atoms with E-state index in [-0.39, 0.29) is 5.82 Å². The average molecular weight is 505 g/mol. The molecule has 2 heterocycles. The fourth-order valence-electron chi connectivity index (χ4n) is 7.17. The molecule has 2 aromatic heterocycles. The minimum absolute atomic E-state index is 0.203. The number of halogens is 1. The lowest BCUT2D eigenvalue weighted by atomic mass is 9.76. The van der Waals surface area contributed by atoms with Crippen molar-refractivity contribution in [2.45, 2.75) is 70.6 Å². The van der Waals surface area contributed by atoms with Gasteiger partial charge in [-0.05, 0) is 97.4 Å². The van der Waals surface area contributed by atoms with Crippen molar-refractivity contribution in [1.29, 1.82) is 0 Å². The summed E-state index contributed by atoms with van der Waals surface area (Å²) >= 11 is 0. The summed E-state index contributed by atoms with van der Waals surface area (Å²) in [5, 5.41) is 2.02. The van der Waals surface area contributed by atoms with Crippen LogP contribution in [0.3, 0.4) is 0 Å². The highest BCUT2D eigenvalue weighted by molar-refractivity contribution is 6.13. The van der Waals surface area contributed by atoms with Crippen LogP contribution in [-0.4, -0.2) is 0 Å². The van der Waals surface area contributed by atoms with Gasteiger partial charge in [0, 0.05) is 22.9 Å². The fourth-order valence-corrected chi connectivity index (χ4v) is 7.17. The molecular formula is C35H35FNO+. The number of furan rings is 1. The molecule has 0 bridgehead atoms. The van der Waals surface area contributed by atoms with Crippen LogP contribution in [-0.2, 0) is 19.9 Å². The number of pyridine rings is 1. The quantitative estimate of drug-likeness (QED) is 0.224. The Balaban J connectivity index is 1.49. The number of fused-ring (bicyclic) bond motifs is 4. The zero-order valence-electron chi connectivity index (χ0n) is 22.4. The Bertz CT molecular complexity index is 1690. The van der Waals surface area contributed by atoms with Gasteiger partial charge in [-0.1, -0.05) is 43.5 Å². The number of hydrogen-bond donors (Lipinski definition) is 0. The summed E-state index contributed by atoms with van der Waals surface area (Å²) in [6, 6.07) is 18.6. The van der Waals surface area contributed by atoms with Gasteiger partial charge in [0.2, 0.25) is 5.69 Å². The molecule has 0 aliphatic heterocycles. The minimum Gasteiger partial charge on any atom is -0.454 e. The van der Waals surface area contributed by atoms with E-state index < -0.39 is 0 Å². The number of benzene rings is 3. The van der Waals surface area contributed by atoms with Crippen molar-refractivity contribution < 1.29 is 13.4 Å². The molecule has 0 spiro atoms. The van der Waals surface area contributed by atoms with E-state index >= 15 is 4.39 Å². The zero-order valence-corrected chi connectivity index (χ0v) is 22.4. The van der Waals surface area contributed by atoms with Gasteiger partial charge in [-0.2, -0.15) is 0 Å². The van der Waals surface area contributed by atoms with Crippen molar-refractivity contribution in [3.05, 3.63) is 88.9 Å². The van der Waals surface area contributed by atoms with Crippen LogP contribution < -0.4 is 4.57 Å². The summed E-state index contributed by atoms with van der Waals surface area (Å²) in [5.74, 6) is 0.395. The maximum absolute atomic E-state index is 15.8. The van der Waals surface area contributed by atoms with Gasteiger partial charge in [-0.15, -0.1) is 0 Å². The zero-order chi connectivity index (χ0) is 25.8. The molecule has 0 radical (unpaired) electrons.